The van der Waals surface area contributed by atoms with Gasteiger partial charge in [0.2, 0.25) is 0 Å². The number of rotatable bonds is 13. The van der Waals surface area contributed by atoms with Crippen LogP contribution < -0.4 is 10.1 Å². The summed E-state index contributed by atoms with van der Waals surface area (Å²) in [5, 5.41) is 13.9. The number of carbonyl (C=O) groups excluding carboxylic acids is 1. The van der Waals surface area contributed by atoms with Crippen molar-refractivity contribution in [3.8, 4) is 5.75 Å². The highest BCUT2D eigenvalue weighted by Crippen LogP contribution is 2.34. The van der Waals surface area contributed by atoms with E-state index in [1.165, 1.54) is 23.5 Å². The maximum absolute atomic E-state index is 12.7. The third kappa shape index (κ3) is 9.39. The Morgan fingerprint density at radius 2 is 1.85 bits per heavy atom. The smallest absolute Gasteiger partial charge is 0.481 e. The molecule has 1 heterocycles. The van der Waals surface area contributed by atoms with Gasteiger partial charge in [0.1, 0.15) is 10.8 Å². The molecule has 6 nitrogen and oxygen atoms in total. The van der Waals surface area contributed by atoms with E-state index in [0.717, 1.165) is 21.7 Å². The predicted octanol–water partition coefficient (Wildman–Crippen LogP) is 6.99. The van der Waals surface area contributed by atoms with Crippen LogP contribution in [0, 0.1) is 0 Å². The molecule has 0 saturated heterocycles. The van der Waals surface area contributed by atoms with Gasteiger partial charge in [-0.15, -0.1) is 36.1 Å². The van der Waals surface area contributed by atoms with Crippen LogP contribution in [-0.2, 0) is 11.2 Å². The molecule has 2 aromatic carbocycles. The monoisotopic (exact) mass is 590 g/mol. The van der Waals surface area contributed by atoms with Crippen molar-refractivity contribution in [1.29, 1.82) is 0 Å². The minimum absolute atomic E-state index is 0.0147. The van der Waals surface area contributed by atoms with E-state index in [9.17, 15) is 22.8 Å². The average molecular weight is 591 g/mol. The van der Waals surface area contributed by atoms with E-state index in [1.807, 2.05) is 11.5 Å². The summed E-state index contributed by atoms with van der Waals surface area (Å²) >= 11 is 7.21. The molecule has 1 atom stereocenters. The van der Waals surface area contributed by atoms with E-state index in [1.54, 1.807) is 54.6 Å². The Labute approximate surface area is 238 Å². The molecule has 0 spiro atoms. The van der Waals surface area contributed by atoms with Crippen molar-refractivity contribution in [2.75, 3.05) is 12.4 Å². The van der Waals surface area contributed by atoms with E-state index in [-0.39, 0.29) is 30.5 Å². The van der Waals surface area contributed by atoms with Crippen molar-refractivity contribution in [2.45, 2.75) is 25.1 Å². The minimum Gasteiger partial charge on any atom is -0.481 e. The Morgan fingerprint density at radius 3 is 2.45 bits per heavy atom. The molecule has 0 radical (unpaired) electrons. The fourth-order valence-corrected chi connectivity index (χ4v) is 4.81. The fourth-order valence-electron chi connectivity index (χ4n) is 3.77. The highest BCUT2D eigenvalue weighted by Gasteiger charge is 2.31. The largest absolute Gasteiger partial charge is 0.573 e. The van der Waals surface area contributed by atoms with E-state index in [4.69, 9.17) is 21.7 Å². The molecular formula is C29H26ClF3N2O4S. The van der Waals surface area contributed by atoms with Gasteiger partial charge in [-0.2, -0.15) is 0 Å². The number of nitrogens with zero attached hydrogens (tertiary/aromatic N) is 1. The number of hydrogen-bond acceptors (Lipinski definition) is 5. The number of carbonyl (C=O) groups is 2. The standard InChI is InChI=1S/C29H26ClF3N2O4S/c1-2-4-21(5-3-15-30)25-18-40-28(35-25)24(20-10-12-23(13-11-20)39-29(31,32)33)17-19-6-8-22(9-7-19)27(38)34-16-14-26(36)37/h2-13,18,24H,1,14-17H2,(H,34,38)(H,36,37)/b5-3-,21-4+. The van der Waals surface area contributed by atoms with Crippen LogP contribution in [0.2, 0.25) is 0 Å². The first kappa shape index (κ1) is 30.6. The quantitative estimate of drug-likeness (QED) is 0.166. The Kier molecular flexibility index (Phi) is 11.1. The molecule has 11 heteroatoms. The molecule has 0 fully saturated rings. The van der Waals surface area contributed by atoms with Gasteiger partial charge in [0.15, 0.2) is 0 Å². The molecule has 1 amide bonds. The van der Waals surface area contributed by atoms with Gasteiger partial charge in [0.25, 0.3) is 5.91 Å². The number of allylic oxidation sites excluding steroid dienone is 5. The molecule has 0 aliphatic carbocycles. The van der Waals surface area contributed by atoms with Crippen LogP contribution in [0.4, 0.5) is 13.2 Å². The van der Waals surface area contributed by atoms with Gasteiger partial charge in [-0.3, -0.25) is 9.59 Å². The van der Waals surface area contributed by atoms with Crippen molar-refractivity contribution in [2.24, 2.45) is 0 Å². The Bertz CT molecular complexity index is 1370. The number of aromatic nitrogens is 1. The number of halogens is 4. The predicted molar refractivity (Wildman–Crippen MR) is 150 cm³/mol. The first-order valence-corrected chi connectivity index (χ1v) is 13.5. The highest BCUT2D eigenvalue weighted by atomic mass is 35.5. The number of amides is 1. The van der Waals surface area contributed by atoms with Crippen LogP contribution in [0.3, 0.4) is 0 Å². The summed E-state index contributed by atoms with van der Waals surface area (Å²) in [7, 11) is 0. The SMILES string of the molecule is C=C/C=C(\C=C/CCl)c1csc(C(Cc2ccc(C(=O)NCCC(=O)O)cc2)c2ccc(OC(F)(F)F)cc2)n1. The third-order valence-electron chi connectivity index (χ3n) is 5.60. The lowest BCUT2D eigenvalue weighted by molar-refractivity contribution is -0.274. The second-order valence-electron chi connectivity index (χ2n) is 8.46. The van der Waals surface area contributed by atoms with Crippen LogP contribution in [0.15, 0.2) is 84.8 Å². The summed E-state index contributed by atoms with van der Waals surface area (Å²) in [6.07, 6.45) is 2.55. The molecule has 1 aromatic heterocycles. The fraction of sp³-hybridized carbons (Fsp3) is 0.207. The average Bonchev–Trinajstić information content (AvgIpc) is 3.39. The molecular weight excluding hydrogens is 565 g/mol. The Hall–Kier alpha value is -3.89. The van der Waals surface area contributed by atoms with Gasteiger partial charge in [0, 0.05) is 34.9 Å². The molecule has 0 aliphatic heterocycles. The second kappa shape index (κ2) is 14.5. The van der Waals surface area contributed by atoms with Crippen molar-refractivity contribution < 1.29 is 32.6 Å². The summed E-state index contributed by atoms with van der Waals surface area (Å²) < 4.78 is 42.0. The molecule has 210 valence electrons. The first-order chi connectivity index (χ1) is 19.1. The van der Waals surface area contributed by atoms with Gasteiger partial charge >= 0.3 is 12.3 Å². The zero-order chi connectivity index (χ0) is 29.1. The number of carboxylic acids is 1. The highest BCUT2D eigenvalue weighted by molar-refractivity contribution is 7.09. The zero-order valence-electron chi connectivity index (χ0n) is 21.2. The minimum atomic E-state index is -4.79. The van der Waals surface area contributed by atoms with Gasteiger partial charge in [-0.05, 0) is 41.8 Å². The van der Waals surface area contributed by atoms with Crippen molar-refractivity contribution in [3.63, 3.8) is 0 Å². The van der Waals surface area contributed by atoms with Crippen molar-refractivity contribution >= 4 is 40.4 Å². The Balaban J connectivity index is 1.89. The number of carboxylic acid groups (broad SMARTS) is 1. The number of alkyl halides is 4. The van der Waals surface area contributed by atoms with Crippen molar-refractivity contribution in [1.82, 2.24) is 10.3 Å². The number of benzene rings is 2. The van der Waals surface area contributed by atoms with Gasteiger partial charge in [-0.1, -0.05) is 55.1 Å². The van der Waals surface area contributed by atoms with E-state index >= 15 is 0 Å². The molecule has 0 saturated carbocycles. The summed E-state index contributed by atoms with van der Waals surface area (Å²) in [6, 6.07) is 12.5. The van der Waals surface area contributed by atoms with Gasteiger partial charge < -0.3 is 15.2 Å². The maximum Gasteiger partial charge on any atom is 0.573 e. The lowest BCUT2D eigenvalue weighted by Gasteiger charge is -2.17. The lowest BCUT2D eigenvalue weighted by atomic mass is 9.92. The van der Waals surface area contributed by atoms with Gasteiger partial charge in [0.05, 0.1) is 12.1 Å². The maximum atomic E-state index is 12.7. The molecule has 2 N–H and O–H groups in total. The van der Waals surface area contributed by atoms with Crippen LogP contribution in [0.5, 0.6) is 5.75 Å². The second-order valence-corrected chi connectivity index (χ2v) is 9.65. The summed E-state index contributed by atoms with van der Waals surface area (Å²) in [5.74, 6) is -1.70. The molecule has 40 heavy (non-hydrogen) atoms. The van der Waals surface area contributed by atoms with Crippen LogP contribution in [0.25, 0.3) is 5.57 Å². The molecule has 3 aromatic rings. The summed E-state index contributed by atoms with van der Waals surface area (Å²) in [4.78, 5) is 27.8. The first-order valence-electron chi connectivity index (χ1n) is 12.0. The van der Waals surface area contributed by atoms with Gasteiger partial charge in [-0.25, -0.2) is 4.98 Å². The molecule has 3 rings (SSSR count). The third-order valence-corrected chi connectivity index (χ3v) is 6.73. The van der Waals surface area contributed by atoms with E-state index in [0.29, 0.717) is 23.6 Å². The van der Waals surface area contributed by atoms with E-state index in [2.05, 4.69) is 16.6 Å². The summed E-state index contributed by atoms with van der Waals surface area (Å²) in [6.45, 7) is 3.76. The Morgan fingerprint density at radius 1 is 1.15 bits per heavy atom. The lowest BCUT2D eigenvalue weighted by Crippen LogP contribution is -2.25. The summed E-state index contributed by atoms with van der Waals surface area (Å²) in [5.41, 5.74) is 3.49. The van der Waals surface area contributed by atoms with Crippen LogP contribution in [0.1, 0.15) is 44.5 Å². The number of ether oxygens (including phenoxy) is 1. The topological polar surface area (TPSA) is 88.5 Å². The van der Waals surface area contributed by atoms with Crippen LogP contribution >= 0.6 is 22.9 Å². The van der Waals surface area contributed by atoms with Crippen molar-refractivity contribution in [3.05, 3.63) is 112 Å². The molecule has 1 unspecified atom stereocenters. The number of aliphatic carboxylic acids is 1. The zero-order valence-corrected chi connectivity index (χ0v) is 22.7. The molecule has 0 aliphatic rings. The molecule has 0 bridgehead atoms. The normalized spacial score (nSPS) is 12.8. The number of hydrogen-bond donors (Lipinski definition) is 2. The van der Waals surface area contributed by atoms with E-state index < -0.39 is 12.3 Å². The van der Waals surface area contributed by atoms with Crippen LogP contribution in [-0.4, -0.2) is 40.8 Å². The number of nitrogens with one attached hydrogen (secondary N) is 1. The number of thiazole rings is 1.